The highest BCUT2D eigenvalue weighted by atomic mass is 79.9. The zero-order valence-electron chi connectivity index (χ0n) is 9.09. The summed E-state index contributed by atoms with van der Waals surface area (Å²) in [4.78, 5) is 2.64. The second-order valence-electron chi connectivity index (χ2n) is 4.62. The summed E-state index contributed by atoms with van der Waals surface area (Å²) >= 11 is 3.58. The minimum Gasteiger partial charge on any atom is -0.300 e. The Hall–Kier alpha value is 0.440. The predicted molar refractivity (Wildman–Crippen MR) is 62.4 cm³/mol. The van der Waals surface area contributed by atoms with Crippen molar-refractivity contribution in [3.8, 4) is 0 Å². The van der Waals surface area contributed by atoms with Gasteiger partial charge in [-0.3, -0.25) is 0 Å². The van der Waals surface area contributed by atoms with Gasteiger partial charge in [-0.15, -0.1) is 0 Å². The monoisotopic (exact) mass is 247 g/mol. The van der Waals surface area contributed by atoms with E-state index < -0.39 is 0 Å². The Labute approximate surface area is 91.0 Å². The zero-order valence-corrected chi connectivity index (χ0v) is 10.7. The summed E-state index contributed by atoms with van der Waals surface area (Å²) in [5, 5.41) is 1.19. The molecular weight excluding hydrogens is 226 g/mol. The van der Waals surface area contributed by atoms with Crippen LogP contribution in [0.2, 0.25) is 0 Å². The van der Waals surface area contributed by atoms with Crippen molar-refractivity contribution in [2.24, 2.45) is 11.8 Å². The first-order valence-corrected chi connectivity index (χ1v) is 6.57. The first-order chi connectivity index (χ1) is 6.15. The molecule has 1 rings (SSSR count). The normalized spacial score (nSPS) is 23.8. The van der Waals surface area contributed by atoms with Crippen LogP contribution >= 0.6 is 15.9 Å². The molecule has 78 valence electrons. The summed E-state index contributed by atoms with van der Waals surface area (Å²) in [7, 11) is 0. The molecule has 0 aromatic rings. The highest BCUT2D eigenvalue weighted by Crippen LogP contribution is 2.22. The maximum Gasteiger partial charge on any atom is 0.00899 e. The number of alkyl halides is 1. The molecule has 0 amide bonds. The number of halogens is 1. The Morgan fingerprint density at radius 3 is 2.15 bits per heavy atom. The molecule has 0 aromatic heterocycles. The quantitative estimate of drug-likeness (QED) is 0.693. The molecule has 1 atom stereocenters. The molecule has 0 spiro atoms. The second kappa shape index (κ2) is 5.35. The van der Waals surface area contributed by atoms with Gasteiger partial charge >= 0.3 is 0 Å². The summed E-state index contributed by atoms with van der Waals surface area (Å²) in [5.41, 5.74) is 0. The summed E-state index contributed by atoms with van der Waals surface area (Å²) in [6.45, 7) is 9.60. The van der Waals surface area contributed by atoms with Crippen LogP contribution in [0.1, 0.15) is 33.6 Å². The van der Waals surface area contributed by atoms with E-state index in [1.165, 1.54) is 31.3 Å². The van der Waals surface area contributed by atoms with Crippen LogP contribution in [-0.2, 0) is 0 Å². The lowest BCUT2D eigenvalue weighted by molar-refractivity contribution is 0.120. The number of hydrogen-bond acceptors (Lipinski definition) is 1. The Morgan fingerprint density at radius 1 is 1.23 bits per heavy atom. The van der Waals surface area contributed by atoms with Gasteiger partial charge in [0.25, 0.3) is 0 Å². The predicted octanol–water partition coefficient (Wildman–Crippen LogP) is 3.14. The lowest BCUT2D eigenvalue weighted by Crippen LogP contribution is -2.42. The molecule has 1 nitrogen and oxygen atoms in total. The SMILES string of the molecule is CC(C)C(C)N1CCC(CBr)CC1. The molecule has 1 fully saturated rings. The van der Waals surface area contributed by atoms with E-state index in [1.54, 1.807) is 0 Å². The Balaban J connectivity index is 2.32. The Morgan fingerprint density at radius 2 is 1.77 bits per heavy atom. The molecule has 0 aromatic carbocycles. The van der Waals surface area contributed by atoms with Crippen molar-refractivity contribution in [2.75, 3.05) is 18.4 Å². The Kier molecular flexibility index (Phi) is 4.74. The van der Waals surface area contributed by atoms with Gasteiger partial charge < -0.3 is 4.90 Å². The molecule has 0 saturated carbocycles. The van der Waals surface area contributed by atoms with E-state index in [9.17, 15) is 0 Å². The van der Waals surface area contributed by atoms with E-state index in [-0.39, 0.29) is 0 Å². The van der Waals surface area contributed by atoms with Crippen LogP contribution in [-0.4, -0.2) is 29.4 Å². The van der Waals surface area contributed by atoms with Crippen LogP contribution in [0.5, 0.6) is 0 Å². The third kappa shape index (κ3) is 3.25. The average molecular weight is 248 g/mol. The van der Waals surface area contributed by atoms with E-state index in [1.807, 2.05) is 0 Å². The van der Waals surface area contributed by atoms with E-state index in [0.29, 0.717) is 0 Å². The fraction of sp³-hybridized carbons (Fsp3) is 1.00. The lowest BCUT2D eigenvalue weighted by Gasteiger charge is -2.37. The number of hydrogen-bond donors (Lipinski definition) is 0. The molecule has 0 radical (unpaired) electrons. The number of nitrogens with zero attached hydrogens (tertiary/aromatic N) is 1. The van der Waals surface area contributed by atoms with Gasteiger partial charge in [-0.25, -0.2) is 0 Å². The van der Waals surface area contributed by atoms with Gasteiger partial charge in [0, 0.05) is 11.4 Å². The standard InChI is InChI=1S/C11H22BrN/c1-9(2)10(3)13-6-4-11(8-12)5-7-13/h9-11H,4-8H2,1-3H3. The molecule has 0 bridgehead atoms. The van der Waals surface area contributed by atoms with Gasteiger partial charge in [-0.2, -0.15) is 0 Å². The highest BCUT2D eigenvalue weighted by Gasteiger charge is 2.23. The summed E-state index contributed by atoms with van der Waals surface area (Å²) in [6, 6.07) is 0.760. The topological polar surface area (TPSA) is 3.24 Å². The smallest absolute Gasteiger partial charge is 0.00899 e. The molecule has 1 aliphatic rings. The summed E-state index contributed by atoms with van der Waals surface area (Å²) < 4.78 is 0. The van der Waals surface area contributed by atoms with Crippen LogP contribution in [0.3, 0.4) is 0 Å². The molecule has 1 aliphatic heterocycles. The molecule has 13 heavy (non-hydrogen) atoms. The first kappa shape index (κ1) is 11.5. The maximum absolute atomic E-state index is 3.58. The second-order valence-corrected chi connectivity index (χ2v) is 5.27. The minimum absolute atomic E-state index is 0.760. The average Bonchev–Trinajstić information content (AvgIpc) is 2.17. The van der Waals surface area contributed by atoms with Gasteiger partial charge in [0.1, 0.15) is 0 Å². The van der Waals surface area contributed by atoms with E-state index in [4.69, 9.17) is 0 Å². The molecule has 1 saturated heterocycles. The van der Waals surface area contributed by atoms with E-state index in [2.05, 4.69) is 41.6 Å². The van der Waals surface area contributed by atoms with Crippen molar-refractivity contribution in [2.45, 2.75) is 39.7 Å². The van der Waals surface area contributed by atoms with Crippen molar-refractivity contribution < 1.29 is 0 Å². The third-order valence-corrected chi connectivity index (χ3v) is 4.32. The minimum atomic E-state index is 0.760. The van der Waals surface area contributed by atoms with Crippen LogP contribution < -0.4 is 0 Å². The van der Waals surface area contributed by atoms with Crippen LogP contribution in [0, 0.1) is 11.8 Å². The van der Waals surface area contributed by atoms with Crippen LogP contribution in [0.4, 0.5) is 0 Å². The maximum atomic E-state index is 3.58. The van der Waals surface area contributed by atoms with Crippen molar-refractivity contribution in [3.05, 3.63) is 0 Å². The Bertz CT molecular complexity index is 139. The van der Waals surface area contributed by atoms with E-state index in [0.717, 1.165) is 17.9 Å². The first-order valence-electron chi connectivity index (χ1n) is 5.45. The van der Waals surface area contributed by atoms with Crippen molar-refractivity contribution in [1.82, 2.24) is 4.90 Å². The van der Waals surface area contributed by atoms with Gasteiger partial charge in [-0.1, -0.05) is 29.8 Å². The molecule has 1 unspecified atom stereocenters. The third-order valence-electron chi connectivity index (χ3n) is 3.41. The molecule has 0 aliphatic carbocycles. The fourth-order valence-electron chi connectivity index (χ4n) is 1.94. The van der Waals surface area contributed by atoms with Crippen molar-refractivity contribution in [1.29, 1.82) is 0 Å². The summed E-state index contributed by atoms with van der Waals surface area (Å²) in [5.74, 6) is 1.72. The number of rotatable bonds is 3. The van der Waals surface area contributed by atoms with Gasteiger partial charge in [-0.05, 0) is 44.7 Å². The molecular formula is C11H22BrN. The molecule has 2 heteroatoms. The van der Waals surface area contributed by atoms with Crippen LogP contribution in [0.15, 0.2) is 0 Å². The lowest BCUT2D eigenvalue weighted by atomic mass is 9.95. The molecule has 1 heterocycles. The van der Waals surface area contributed by atoms with Gasteiger partial charge in [0.05, 0.1) is 0 Å². The summed E-state index contributed by atoms with van der Waals surface area (Å²) in [6.07, 6.45) is 2.75. The number of piperidine rings is 1. The van der Waals surface area contributed by atoms with Crippen LogP contribution in [0.25, 0.3) is 0 Å². The zero-order chi connectivity index (χ0) is 9.84. The molecule has 0 N–H and O–H groups in total. The van der Waals surface area contributed by atoms with Gasteiger partial charge in [0.2, 0.25) is 0 Å². The fourth-order valence-corrected chi connectivity index (χ4v) is 2.58. The van der Waals surface area contributed by atoms with Crippen molar-refractivity contribution >= 4 is 15.9 Å². The largest absolute Gasteiger partial charge is 0.300 e. The number of likely N-dealkylation sites (tertiary alicyclic amines) is 1. The highest BCUT2D eigenvalue weighted by molar-refractivity contribution is 9.09. The van der Waals surface area contributed by atoms with Gasteiger partial charge in [0.15, 0.2) is 0 Å². The van der Waals surface area contributed by atoms with Crippen molar-refractivity contribution in [3.63, 3.8) is 0 Å². The van der Waals surface area contributed by atoms with E-state index >= 15 is 0 Å².